The molecule has 2 atom stereocenters. The van der Waals surface area contributed by atoms with E-state index < -0.39 is 11.5 Å². The summed E-state index contributed by atoms with van der Waals surface area (Å²) in [5.41, 5.74) is 0.852. The number of nitrogens with one attached hydrogen (secondary N) is 1. The number of aliphatic carboxylic acids is 1. The molecule has 1 aliphatic carbocycles. The molecule has 1 saturated carbocycles. The van der Waals surface area contributed by atoms with E-state index in [1.54, 1.807) is 0 Å². The van der Waals surface area contributed by atoms with Gasteiger partial charge in [-0.2, -0.15) is 0 Å². The van der Waals surface area contributed by atoms with E-state index in [2.05, 4.69) is 5.32 Å². The van der Waals surface area contributed by atoms with Crippen LogP contribution in [0.25, 0.3) is 10.9 Å². The molecule has 2 unspecified atom stereocenters. The second kappa shape index (κ2) is 6.33. The Morgan fingerprint density at radius 1 is 1.08 bits per heavy atom. The van der Waals surface area contributed by atoms with Crippen LogP contribution in [0.3, 0.4) is 0 Å². The fraction of sp³-hybridized carbons (Fsp3) is 0.238. The van der Waals surface area contributed by atoms with Crippen LogP contribution in [0, 0.1) is 0 Å². The molecule has 1 aliphatic rings. The van der Waals surface area contributed by atoms with E-state index >= 15 is 0 Å². The number of hydrogen-bond acceptors (Lipinski definition) is 2. The zero-order valence-electron chi connectivity index (χ0n) is 14.3. The van der Waals surface area contributed by atoms with Crippen LogP contribution in [-0.4, -0.2) is 27.1 Å². The highest BCUT2D eigenvalue weighted by molar-refractivity contribution is 5.91. The predicted molar refractivity (Wildman–Crippen MR) is 98.9 cm³/mol. The van der Waals surface area contributed by atoms with Crippen LogP contribution in [0.4, 0.5) is 0 Å². The monoisotopic (exact) mass is 348 g/mol. The second-order valence-electron chi connectivity index (χ2n) is 6.81. The number of carboxylic acid groups (broad SMARTS) is 1. The molecule has 5 heteroatoms. The van der Waals surface area contributed by atoms with Crippen LogP contribution in [-0.2, 0) is 16.1 Å². The highest BCUT2D eigenvalue weighted by Gasteiger charge is 2.62. The van der Waals surface area contributed by atoms with Gasteiger partial charge in [0.25, 0.3) is 0 Å². The molecule has 1 aromatic heterocycles. The Morgan fingerprint density at radius 3 is 2.58 bits per heavy atom. The van der Waals surface area contributed by atoms with Crippen molar-refractivity contribution in [2.45, 2.75) is 30.8 Å². The molecule has 1 fully saturated rings. The second-order valence-corrected chi connectivity index (χ2v) is 6.81. The summed E-state index contributed by atoms with van der Waals surface area (Å²) in [4.78, 5) is 24.2. The fourth-order valence-corrected chi connectivity index (χ4v) is 3.65. The Balaban J connectivity index is 1.43. The quantitative estimate of drug-likeness (QED) is 0.719. The Labute approximate surface area is 151 Å². The van der Waals surface area contributed by atoms with E-state index in [0.29, 0.717) is 13.0 Å². The van der Waals surface area contributed by atoms with Crippen LogP contribution in [0.15, 0.2) is 66.9 Å². The van der Waals surface area contributed by atoms with Gasteiger partial charge >= 0.3 is 5.97 Å². The standard InChI is InChI=1S/C21H20N2O3/c24-19(11-13-23-12-10-16-8-4-5-9-18(16)23)22-21(20(25)26)14-17(21)15-6-2-1-3-7-15/h1-10,12,17H,11,13-14H2,(H,22,24)(H,25,26). The molecule has 0 radical (unpaired) electrons. The molecule has 3 aromatic rings. The fourth-order valence-electron chi connectivity index (χ4n) is 3.65. The first-order valence-corrected chi connectivity index (χ1v) is 8.73. The van der Waals surface area contributed by atoms with E-state index in [1.165, 1.54) is 0 Å². The molecule has 2 aromatic carbocycles. The molecular weight excluding hydrogens is 328 g/mol. The predicted octanol–water partition coefficient (Wildman–Crippen LogP) is 3.16. The smallest absolute Gasteiger partial charge is 0.330 e. The number of nitrogens with zero attached hydrogens (tertiary/aromatic N) is 1. The van der Waals surface area contributed by atoms with Crippen molar-refractivity contribution in [2.24, 2.45) is 0 Å². The largest absolute Gasteiger partial charge is 0.479 e. The van der Waals surface area contributed by atoms with E-state index in [4.69, 9.17) is 0 Å². The van der Waals surface area contributed by atoms with Gasteiger partial charge in [-0.15, -0.1) is 0 Å². The van der Waals surface area contributed by atoms with Crippen LogP contribution in [0.2, 0.25) is 0 Å². The summed E-state index contributed by atoms with van der Waals surface area (Å²) in [6, 6.07) is 19.5. The third-order valence-corrected chi connectivity index (χ3v) is 5.17. The summed E-state index contributed by atoms with van der Waals surface area (Å²) in [5.74, 6) is -1.37. The van der Waals surface area contributed by atoms with Crippen molar-refractivity contribution in [1.82, 2.24) is 9.88 Å². The average Bonchev–Trinajstić information content (AvgIpc) is 3.24. The first kappa shape index (κ1) is 16.4. The van der Waals surface area contributed by atoms with Crippen molar-refractivity contribution in [1.29, 1.82) is 0 Å². The molecular formula is C21H20N2O3. The summed E-state index contributed by atoms with van der Waals surface area (Å²) in [6.07, 6.45) is 2.63. The zero-order valence-corrected chi connectivity index (χ0v) is 14.3. The number of carbonyl (C=O) groups is 2. The molecule has 4 rings (SSSR count). The van der Waals surface area contributed by atoms with Crippen molar-refractivity contribution >= 4 is 22.8 Å². The summed E-state index contributed by atoms with van der Waals surface area (Å²) >= 11 is 0. The number of benzene rings is 2. The SMILES string of the molecule is O=C(CCn1ccc2ccccc21)NC1(C(=O)O)CC1c1ccccc1. The van der Waals surface area contributed by atoms with Crippen LogP contribution in [0.5, 0.6) is 0 Å². The van der Waals surface area contributed by atoms with Gasteiger partial charge < -0.3 is 15.0 Å². The first-order valence-electron chi connectivity index (χ1n) is 8.73. The molecule has 1 amide bonds. The minimum Gasteiger partial charge on any atom is -0.479 e. The van der Waals surface area contributed by atoms with Gasteiger partial charge in [-0.25, -0.2) is 4.79 Å². The van der Waals surface area contributed by atoms with Gasteiger partial charge in [0.1, 0.15) is 5.54 Å². The molecule has 0 aliphatic heterocycles. The number of amides is 1. The molecule has 26 heavy (non-hydrogen) atoms. The third-order valence-electron chi connectivity index (χ3n) is 5.17. The molecule has 0 saturated heterocycles. The number of fused-ring (bicyclic) bond motifs is 1. The van der Waals surface area contributed by atoms with Crippen molar-refractivity contribution in [3.8, 4) is 0 Å². The Hall–Kier alpha value is -3.08. The molecule has 5 nitrogen and oxygen atoms in total. The van der Waals surface area contributed by atoms with Crippen molar-refractivity contribution in [3.05, 3.63) is 72.4 Å². The van der Waals surface area contributed by atoms with Crippen LogP contribution < -0.4 is 5.32 Å². The van der Waals surface area contributed by atoms with Crippen LogP contribution >= 0.6 is 0 Å². The Bertz CT molecular complexity index is 964. The topological polar surface area (TPSA) is 71.3 Å². The van der Waals surface area contributed by atoms with Crippen molar-refractivity contribution < 1.29 is 14.7 Å². The normalized spacial score (nSPS) is 21.5. The summed E-state index contributed by atoms with van der Waals surface area (Å²) in [6.45, 7) is 0.519. The molecule has 0 bridgehead atoms. The van der Waals surface area contributed by atoms with Gasteiger partial charge in [0.2, 0.25) is 5.91 Å². The minimum absolute atomic E-state index is 0.169. The molecule has 1 heterocycles. The van der Waals surface area contributed by atoms with Crippen molar-refractivity contribution in [2.75, 3.05) is 0 Å². The first-order chi connectivity index (χ1) is 12.6. The van der Waals surface area contributed by atoms with E-state index in [1.807, 2.05) is 71.4 Å². The van der Waals surface area contributed by atoms with Crippen LogP contribution in [0.1, 0.15) is 24.3 Å². The highest BCUT2D eigenvalue weighted by atomic mass is 16.4. The minimum atomic E-state index is -1.17. The molecule has 132 valence electrons. The summed E-state index contributed by atoms with van der Waals surface area (Å²) in [7, 11) is 0. The lowest BCUT2D eigenvalue weighted by Crippen LogP contribution is -2.44. The molecule has 0 spiro atoms. The maximum atomic E-state index is 12.4. The number of carbonyl (C=O) groups excluding carboxylic acids is 1. The average molecular weight is 348 g/mol. The van der Waals surface area contributed by atoms with E-state index in [-0.39, 0.29) is 18.2 Å². The highest BCUT2D eigenvalue weighted by Crippen LogP contribution is 2.51. The lowest BCUT2D eigenvalue weighted by molar-refractivity contribution is -0.143. The third kappa shape index (κ3) is 2.86. The van der Waals surface area contributed by atoms with Crippen molar-refractivity contribution in [3.63, 3.8) is 0 Å². The number of rotatable bonds is 6. The van der Waals surface area contributed by atoms with Gasteiger partial charge in [0, 0.05) is 30.6 Å². The van der Waals surface area contributed by atoms with E-state index in [9.17, 15) is 14.7 Å². The number of aromatic nitrogens is 1. The van der Waals surface area contributed by atoms with Gasteiger partial charge in [0.15, 0.2) is 0 Å². The zero-order chi connectivity index (χ0) is 18.1. The summed E-state index contributed by atoms with van der Waals surface area (Å²) in [5, 5.41) is 13.6. The Kier molecular flexibility index (Phi) is 3.99. The number of aryl methyl sites for hydroxylation is 1. The maximum absolute atomic E-state index is 12.4. The van der Waals surface area contributed by atoms with Gasteiger partial charge in [-0.3, -0.25) is 4.79 Å². The number of carboxylic acids is 1. The molecule has 2 N–H and O–H groups in total. The lowest BCUT2D eigenvalue weighted by atomic mass is 10.1. The van der Waals surface area contributed by atoms with Gasteiger partial charge in [-0.1, -0.05) is 48.5 Å². The van der Waals surface area contributed by atoms with Gasteiger partial charge in [-0.05, 0) is 29.5 Å². The van der Waals surface area contributed by atoms with E-state index in [0.717, 1.165) is 16.5 Å². The van der Waals surface area contributed by atoms with Gasteiger partial charge in [0.05, 0.1) is 0 Å². The number of hydrogen-bond donors (Lipinski definition) is 2. The number of para-hydroxylation sites is 1. The lowest BCUT2D eigenvalue weighted by Gasteiger charge is -2.15. The maximum Gasteiger partial charge on any atom is 0.330 e. The summed E-state index contributed by atoms with van der Waals surface area (Å²) < 4.78 is 2.02. The Morgan fingerprint density at radius 2 is 1.81 bits per heavy atom.